The van der Waals surface area contributed by atoms with E-state index in [1.54, 1.807) is 18.9 Å². The smallest absolute Gasteiger partial charge is 0.175 e. The largest absolute Gasteiger partial charge is 0.395 e. The van der Waals surface area contributed by atoms with E-state index in [1.807, 2.05) is 24.3 Å². The molecule has 1 unspecified atom stereocenters. The number of aliphatic hydroxyl groups excluding tert-OH is 1. The van der Waals surface area contributed by atoms with Crippen molar-refractivity contribution >= 4 is 17.5 Å². The lowest BCUT2D eigenvalue weighted by Gasteiger charge is -2.33. The highest BCUT2D eigenvalue weighted by Gasteiger charge is 2.42. The van der Waals surface area contributed by atoms with Crippen LogP contribution in [0.15, 0.2) is 29.2 Å². The van der Waals surface area contributed by atoms with Crippen LogP contribution in [0.3, 0.4) is 0 Å². The monoisotopic (exact) mass is 238 g/mol. The highest BCUT2D eigenvalue weighted by molar-refractivity contribution is 7.99. The molecule has 0 amide bonds. The average molecular weight is 238 g/mol. The van der Waals surface area contributed by atoms with Gasteiger partial charge in [-0.2, -0.15) is 0 Å². The van der Waals surface area contributed by atoms with Crippen molar-refractivity contribution in [1.82, 2.24) is 0 Å². The number of fused-ring (bicyclic) bond motifs is 1. The number of hydrogen-bond acceptors (Lipinski definition) is 4. The average Bonchev–Trinajstić information content (AvgIpc) is 2.33. The van der Waals surface area contributed by atoms with Crippen LogP contribution in [0.5, 0.6) is 0 Å². The van der Waals surface area contributed by atoms with Gasteiger partial charge in [0.15, 0.2) is 5.78 Å². The predicted octanol–water partition coefficient (Wildman–Crippen LogP) is 1.60. The molecule has 1 atom stereocenters. The number of carbonyl (C=O) groups excluding carboxylic acids is 1. The van der Waals surface area contributed by atoms with E-state index in [0.29, 0.717) is 11.3 Å². The minimum absolute atomic E-state index is 0.00815. The van der Waals surface area contributed by atoms with Gasteiger partial charge in [0.05, 0.1) is 18.6 Å². The number of benzene rings is 1. The summed E-state index contributed by atoms with van der Waals surface area (Å²) in [6.07, 6.45) is 0. The van der Waals surface area contributed by atoms with Crippen LogP contribution >= 0.6 is 11.8 Å². The van der Waals surface area contributed by atoms with Crippen LogP contribution in [-0.2, 0) is 4.74 Å². The van der Waals surface area contributed by atoms with Gasteiger partial charge >= 0.3 is 0 Å². The van der Waals surface area contributed by atoms with Crippen LogP contribution in [-0.4, -0.2) is 37.0 Å². The van der Waals surface area contributed by atoms with Gasteiger partial charge in [-0.15, -0.1) is 11.8 Å². The second-order valence-corrected chi connectivity index (χ2v) is 5.00. The fourth-order valence-corrected chi connectivity index (χ4v) is 3.12. The van der Waals surface area contributed by atoms with Crippen LogP contribution < -0.4 is 0 Å². The van der Waals surface area contributed by atoms with E-state index in [-0.39, 0.29) is 19.0 Å². The normalized spacial score (nSPS) is 24.2. The van der Waals surface area contributed by atoms with Crippen LogP contribution in [0.1, 0.15) is 10.4 Å². The highest BCUT2D eigenvalue weighted by atomic mass is 32.2. The van der Waals surface area contributed by atoms with Gasteiger partial charge in [-0.05, 0) is 6.07 Å². The van der Waals surface area contributed by atoms with Crippen molar-refractivity contribution in [3.63, 3.8) is 0 Å². The Balaban J connectivity index is 2.39. The number of aliphatic hydroxyl groups is 1. The minimum Gasteiger partial charge on any atom is -0.395 e. The first-order chi connectivity index (χ1) is 7.73. The van der Waals surface area contributed by atoms with Crippen molar-refractivity contribution < 1.29 is 14.6 Å². The highest BCUT2D eigenvalue weighted by Crippen LogP contribution is 2.39. The summed E-state index contributed by atoms with van der Waals surface area (Å²) >= 11 is 1.60. The summed E-state index contributed by atoms with van der Waals surface area (Å²) in [5, 5.41) is 9.45. The van der Waals surface area contributed by atoms with E-state index >= 15 is 0 Å². The molecule has 0 spiro atoms. The molecule has 2 rings (SSSR count). The Labute approximate surface area is 98.8 Å². The molecular formula is C12H14O3S. The fourth-order valence-electron chi connectivity index (χ4n) is 1.89. The Bertz CT molecular complexity index is 405. The van der Waals surface area contributed by atoms with Crippen molar-refractivity contribution in [1.29, 1.82) is 0 Å². The van der Waals surface area contributed by atoms with Crippen molar-refractivity contribution in [3.8, 4) is 0 Å². The number of Topliss-reactive ketones (excluding diaryl/α,β-unsaturated/α-hetero) is 1. The Morgan fingerprint density at radius 1 is 1.50 bits per heavy atom. The first-order valence-corrected chi connectivity index (χ1v) is 6.08. The number of carbonyl (C=O) groups is 1. The predicted molar refractivity (Wildman–Crippen MR) is 62.9 cm³/mol. The molecule has 0 aromatic heterocycles. The first-order valence-electron chi connectivity index (χ1n) is 5.10. The molecule has 1 aliphatic heterocycles. The van der Waals surface area contributed by atoms with Gasteiger partial charge in [0.1, 0.15) is 0 Å². The van der Waals surface area contributed by atoms with E-state index < -0.39 is 5.41 Å². The van der Waals surface area contributed by atoms with Crippen molar-refractivity contribution in [2.45, 2.75) is 4.90 Å². The Morgan fingerprint density at radius 2 is 2.25 bits per heavy atom. The molecule has 1 aliphatic rings. The number of thioether (sulfide) groups is 1. The van der Waals surface area contributed by atoms with Crippen molar-refractivity contribution in [2.24, 2.45) is 5.41 Å². The summed E-state index contributed by atoms with van der Waals surface area (Å²) in [5.41, 5.74) is -0.0711. The number of ketones is 1. The maximum absolute atomic E-state index is 12.3. The molecule has 3 nitrogen and oxygen atoms in total. The van der Waals surface area contributed by atoms with E-state index in [1.165, 1.54) is 0 Å². The maximum atomic E-state index is 12.3. The van der Waals surface area contributed by atoms with Crippen LogP contribution in [0.2, 0.25) is 0 Å². The third kappa shape index (κ3) is 1.77. The van der Waals surface area contributed by atoms with Gasteiger partial charge in [-0.1, -0.05) is 18.2 Å². The maximum Gasteiger partial charge on any atom is 0.175 e. The standard InChI is InChI=1S/C12H14O3S/c1-15-7-12(6-13)8-16-10-5-3-2-4-9(10)11(12)14/h2-5,13H,6-8H2,1H3. The van der Waals surface area contributed by atoms with E-state index in [4.69, 9.17) is 4.74 Å². The summed E-state index contributed by atoms with van der Waals surface area (Å²) in [7, 11) is 1.55. The molecular weight excluding hydrogens is 224 g/mol. The molecule has 0 fully saturated rings. The molecule has 1 aromatic rings. The number of methoxy groups -OCH3 is 1. The zero-order valence-electron chi connectivity index (χ0n) is 9.10. The Morgan fingerprint density at radius 3 is 2.94 bits per heavy atom. The molecule has 0 saturated heterocycles. The van der Waals surface area contributed by atoms with E-state index in [9.17, 15) is 9.90 Å². The summed E-state index contributed by atoms with van der Waals surface area (Å²) in [6, 6.07) is 7.51. The molecule has 0 bridgehead atoms. The van der Waals surface area contributed by atoms with Crippen LogP contribution in [0.25, 0.3) is 0 Å². The van der Waals surface area contributed by atoms with Gasteiger partial charge in [0.25, 0.3) is 0 Å². The number of rotatable bonds is 3. The van der Waals surface area contributed by atoms with Gasteiger partial charge in [-0.25, -0.2) is 0 Å². The third-order valence-electron chi connectivity index (χ3n) is 2.84. The molecule has 16 heavy (non-hydrogen) atoms. The topological polar surface area (TPSA) is 46.5 Å². The first kappa shape index (κ1) is 11.6. The molecule has 1 aromatic carbocycles. The summed E-state index contributed by atoms with van der Waals surface area (Å²) in [6.45, 7) is 0.102. The molecule has 1 heterocycles. The zero-order valence-corrected chi connectivity index (χ0v) is 9.92. The van der Waals surface area contributed by atoms with E-state index in [2.05, 4.69) is 0 Å². The van der Waals surface area contributed by atoms with Gasteiger partial charge in [0, 0.05) is 23.3 Å². The fraction of sp³-hybridized carbons (Fsp3) is 0.417. The lowest BCUT2D eigenvalue weighted by atomic mass is 9.83. The lowest BCUT2D eigenvalue weighted by Crippen LogP contribution is -2.43. The SMILES string of the molecule is COCC1(CO)CSc2ccccc2C1=O. The third-order valence-corrected chi connectivity index (χ3v) is 4.20. The summed E-state index contributed by atoms with van der Waals surface area (Å²) < 4.78 is 5.07. The van der Waals surface area contributed by atoms with Gasteiger partial charge in [0.2, 0.25) is 0 Å². The molecule has 86 valence electrons. The summed E-state index contributed by atoms with van der Waals surface area (Å²) in [4.78, 5) is 13.3. The second-order valence-electron chi connectivity index (χ2n) is 3.99. The Kier molecular flexibility index (Phi) is 3.33. The molecule has 0 radical (unpaired) electrons. The number of hydrogen-bond donors (Lipinski definition) is 1. The van der Waals surface area contributed by atoms with Crippen molar-refractivity contribution in [3.05, 3.63) is 29.8 Å². The lowest BCUT2D eigenvalue weighted by molar-refractivity contribution is 0.0363. The molecule has 1 N–H and O–H groups in total. The molecule has 4 heteroatoms. The van der Waals surface area contributed by atoms with Crippen LogP contribution in [0.4, 0.5) is 0 Å². The van der Waals surface area contributed by atoms with Crippen LogP contribution in [0, 0.1) is 5.41 Å². The number of ether oxygens (including phenoxy) is 1. The van der Waals surface area contributed by atoms with Gasteiger partial charge < -0.3 is 9.84 Å². The molecule has 0 saturated carbocycles. The summed E-state index contributed by atoms with van der Waals surface area (Å²) in [5.74, 6) is 0.568. The zero-order chi connectivity index (χ0) is 11.6. The quantitative estimate of drug-likeness (QED) is 0.869. The Hall–Kier alpha value is -0.840. The van der Waals surface area contributed by atoms with E-state index in [0.717, 1.165) is 4.90 Å². The van der Waals surface area contributed by atoms with Gasteiger partial charge in [-0.3, -0.25) is 4.79 Å². The second kappa shape index (κ2) is 4.57. The minimum atomic E-state index is -0.770. The molecule has 0 aliphatic carbocycles. The van der Waals surface area contributed by atoms with Crippen molar-refractivity contribution in [2.75, 3.05) is 26.1 Å².